The zero-order valence-corrected chi connectivity index (χ0v) is 16.9. The monoisotopic (exact) mass is 410 g/mol. The van der Waals surface area contributed by atoms with E-state index in [0.717, 1.165) is 38.3 Å². The average molecular weight is 411 g/mol. The second kappa shape index (κ2) is 9.20. The molecule has 0 unspecified atom stereocenters. The van der Waals surface area contributed by atoms with Gasteiger partial charge in [-0.1, -0.05) is 47.1 Å². The van der Waals surface area contributed by atoms with E-state index >= 15 is 0 Å². The van der Waals surface area contributed by atoms with Gasteiger partial charge in [0.2, 0.25) is 17.6 Å². The number of hydrogen-bond acceptors (Lipinski definition) is 5. The first-order valence-corrected chi connectivity index (χ1v) is 10.2. The summed E-state index contributed by atoms with van der Waals surface area (Å²) < 4.78 is 5.30. The van der Waals surface area contributed by atoms with E-state index in [1.165, 1.54) is 5.56 Å². The Kier molecular flexibility index (Phi) is 6.22. The van der Waals surface area contributed by atoms with Crippen molar-refractivity contribution in [3.63, 3.8) is 0 Å². The van der Waals surface area contributed by atoms with Crippen LogP contribution in [0.25, 0.3) is 11.4 Å². The van der Waals surface area contributed by atoms with E-state index in [-0.39, 0.29) is 5.91 Å². The molecule has 4 rings (SSSR count). The summed E-state index contributed by atoms with van der Waals surface area (Å²) in [4.78, 5) is 21.3. The summed E-state index contributed by atoms with van der Waals surface area (Å²) in [6.45, 7) is 4.22. The molecule has 0 atom stereocenters. The predicted octanol–water partition coefficient (Wildman–Crippen LogP) is 3.67. The summed E-state index contributed by atoms with van der Waals surface area (Å²) in [5.41, 5.74) is 2.14. The van der Waals surface area contributed by atoms with Gasteiger partial charge in [-0.05, 0) is 29.8 Å². The summed E-state index contributed by atoms with van der Waals surface area (Å²) in [6, 6.07) is 17.7. The number of rotatable bonds is 6. The fraction of sp³-hybridized carbons (Fsp3) is 0.318. The molecule has 3 aromatic rings. The molecule has 6 nitrogen and oxygen atoms in total. The van der Waals surface area contributed by atoms with Gasteiger partial charge in [-0.3, -0.25) is 9.69 Å². The van der Waals surface area contributed by atoms with Gasteiger partial charge in [0.25, 0.3) is 0 Å². The highest BCUT2D eigenvalue weighted by Crippen LogP contribution is 2.19. The summed E-state index contributed by atoms with van der Waals surface area (Å²) in [7, 11) is 0. The van der Waals surface area contributed by atoms with E-state index in [2.05, 4.69) is 39.3 Å². The number of aromatic nitrogens is 2. The molecule has 1 aliphatic heterocycles. The third-order valence-corrected chi connectivity index (χ3v) is 5.35. The van der Waals surface area contributed by atoms with Gasteiger partial charge in [-0.2, -0.15) is 4.98 Å². The van der Waals surface area contributed by atoms with Gasteiger partial charge in [0, 0.05) is 56.2 Å². The zero-order valence-electron chi connectivity index (χ0n) is 16.1. The van der Waals surface area contributed by atoms with Gasteiger partial charge in [0.15, 0.2) is 0 Å². The molecule has 0 saturated carbocycles. The van der Waals surface area contributed by atoms with Crippen LogP contribution in [0.1, 0.15) is 17.9 Å². The molecule has 7 heteroatoms. The SMILES string of the molecule is O=C(CCc1nc(-c2ccc(Cl)cc2)no1)N1CCN(Cc2ccccc2)CC1. The van der Waals surface area contributed by atoms with Crippen LogP contribution in [0.4, 0.5) is 0 Å². The van der Waals surface area contributed by atoms with Crippen molar-refractivity contribution in [3.05, 3.63) is 71.1 Å². The molecule has 2 heterocycles. The zero-order chi connectivity index (χ0) is 20.1. The van der Waals surface area contributed by atoms with Crippen LogP contribution in [0.15, 0.2) is 59.1 Å². The summed E-state index contributed by atoms with van der Waals surface area (Å²) in [5.74, 6) is 1.13. The lowest BCUT2D eigenvalue weighted by Crippen LogP contribution is -2.48. The topological polar surface area (TPSA) is 62.5 Å². The first-order valence-electron chi connectivity index (χ1n) is 9.80. The third kappa shape index (κ3) is 5.22. The second-order valence-electron chi connectivity index (χ2n) is 7.16. The average Bonchev–Trinajstić information content (AvgIpc) is 3.23. The third-order valence-electron chi connectivity index (χ3n) is 5.10. The Morgan fingerprint density at radius 2 is 1.72 bits per heavy atom. The molecule has 0 radical (unpaired) electrons. The minimum Gasteiger partial charge on any atom is -0.340 e. The number of carbonyl (C=O) groups is 1. The Morgan fingerprint density at radius 1 is 1.00 bits per heavy atom. The molecule has 0 aliphatic carbocycles. The minimum absolute atomic E-state index is 0.135. The number of halogens is 1. The van der Waals surface area contributed by atoms with Crippen molar-refractivity contribution < 1.29 is 9.32 Å². The predicted molar refractivity (Wildman–Crippen MR) is 111 cm³/mol. The van der Waals surface area contributed by atoms with Crippen LogP contribution in [0.2, 0.25) is 5.02 Å². The van der Waals surface area contributed by atoms with Crippen molar-refractivity contribution in [1.29, 1.82) is 0 Å². The van der Waals surface area contributed by atoms with E-state index in [1.54, 1.807) is 12.1 Å². The van der Waals surface area contributed by atoms with Crippen LogP contribution in [-0.2, 0) is 17.8 Å². The first-order chi connectivity index (χ1) is 14.2. The fourth-order valence-corrected chi connectivity index (χ4v) is 3.57. The Balaban J connectivity index is 1.24. The highest BCUT2D eigenvalue weighted by atomic mass is 35.5. The van der Waals surface area contributed by atoms with Crippen LogP contribution in [-0.4, -0.2) is 52.0 Å². The maximum Gasteiger partial charge on any atom is 0.227 e. The van der Waals surface area contributed by atoms with E-state index in [4.69, 9.17) is 16.1 Å². The molecule has 0 N–H and O–H groups in total. The van der Waals surface area contributed by atoms with Crippen LogP contribution in [0, 0.1) is 0 Å². The highest BCUT2D eigenvalue weighted by molar-refractivity contribution is 6.30. The molecule has 1 aromatic heterocycles. The molecular weight excluding hydrogens is 388 g/mol. The largest absolute Gasteiger partial charge is 0.340 e. The van der Waals surface area contributed by atoms with Crippen molar-refractivity contribution in [2.24, 2.45) is 0 Å². The smallest absolute Gasteiger partial charge is 0.227 e. The van der Waals surface area contributed by atoms with E-state index in [1.807, 2.05) is 23.1 Å². The van der Waals surface area contributed by atoms with Crippen molar-refractivity contribution in [2.75, 3.05) is 26.2 Å². The van der Waals surface area contributed by atoms with E-state index in [0.29, 0.717) is 29.6 Å². The first kappa shape index (κ1) is 19.6. The molecule has 150 valence electrons. The van der Waals surface area contributed by atoms with Crippen LogP contribution in [0.5, 0.6) is 0 Å². The number of carbonyl (C=O) groups excluding carboxylic acids is 1. The Morgan fingerprint density at radius 3 is 2.45 bits per heavy atom. The van der Waals surface area contributed by atoms with Gasteiger partial charge in [0.1, 0.15) is 0 Å². The van der Waals surface area contributed by atoms with Crippen molar-refractivity contribution >= 4 is 17.5 Å². The Bertz CT molecular complexity index is 935. The standard InChI is InChI=1S/C22H23ClN4O2/c23-19-8-6-18(7-9-19)22-24-20(29-25-22)10-11-21(28)27-14-12-26(13-15-27)16-17-4-2-1-3-5-17/h1-9H,10-16H2. The quantitative estimate of drug-likeness (QED) is 0.620. The number of hydrogen-bond donors (Lipinski definition) is 0. The molecule has 29 heavy (non-hydrogen) atoms. The van der Waals surface area contributed by atoms with Crippen LogP contribution < -0.4 is 0 Å². The molecule has 0 spiro atoms. The second-order valence-corrected chi connectivity index (χ2v) is 7.60. The van der Waals surface area contributed by atoms with Crippen LogP contribution >= 0.6 is 11.6 Å². The summed E-state index contributed by atoms with van der Waals surface area (Å²) in [6.07, 6.45) is 0.824. The Hall–Kier alpha value is -2.70. The number of amides is 1. The van der Waals surface area contributed by atoms with Gasteiger partial charge >= 0.3 is 0 Å². The summed E-state index contributed by atoms with van der Waals surface area (Å²) in [5, 5.41) is 4.65. The molecule has 0 bridgehead atoms. The highest BCUT2D eigenvalue weighted by Gasteiger charge is 2.21. The molecule has 1 amide bonds. The van der Waals surface area contributed by atoms with Crippen molar-refractivity contribution in [2.45, 2.75) is 19.4 Å². The number of piperazine rings is 1. The Labute approximate surface area is 175 Å². The minimum atomic E-state index is 0.135. The van der Waals surface area contributed by atoms with Gasteiger partial charge in [-0.25, -0.2) is 0 Å². The van der Waals surface area contributed by atoms with Gasteiger partial charge in [-0.15, -0.1) is 0 Å². The number of benzene rings is 2. The normalized spacial score (nSPS) is 14.9. The lowest BCUT2D eigenvalue weighted by atomic mass is 10.2. The maximum atomic E-state index is 12.6. The van der Waals surface area contributed by atoms with E-state index in [9.17, 15) is 4.79 Å². The summed E-state index contributed by atoms with van der Waals surface area (Å²) >= 11 is 5.90. The molecule has 2 aromatic carbocycles. The van der Waals surface area contributed by atoms with Crippen molar-refractivity contribution in [1.82, 2.24) is 19.9 Å². The molecule has 1 fully saturated rings. The maximum absolute atomic E-state index is 12.6. The van der Waals surface area contributed by atoms with E-state index < -0.39 is 0 Å². The number of aryl methyl sites for hydroxylation is 1. The lowest BCUT2D eigenvalue weighted by molar-refractivity contribution is -0.133. The lowest BCUT2D eigenvalue weighted by Gasteiger charge is -2.34. The molecular formula is C22H23ClN4O2. The van der Waals surface area contributed by atoms with Crippen molar-refractivity contribution in [3.8, 4) is 11.4 Å². The number of nitrogens with zero attached hydrogens (tertiary/aromatic N) is 4. The fourth-order valence-electron chi connectivity index (χ4n) is 3.44. The van der Waals surface area contributed by atoms with Crippen LogP contribution in [0.3, 0.4) is 0 Å². The molecule has 1 saturated heterocycles. The van der Waals surface area contributed by atoms with Gasteiger partial charge in [0.05, 0.1) is 0 Å². The molecule has 1 aliphatic rings. The van der Waals surface area contributed by atoms with Gasteiger partial charge < -0.3 is 9.42 Å².